The zero-order chi connectivity index (χ0) is 25.3. The minimum Gasteiger partial charge on any atom is -0.326 e. The van der Waals surface area contributed by atoms with Gasteiger partial charge in [-0.3, -0.25) is 9.59 Å². The molecule has 36 heavy (non-hydrogen) atoms. The monoisotopic (exact) mass is 482 g/mol. The van der Waals surface area contributed by atoms with Crippen molar-refractivity contribution in [3.05, 3.63) is 138 Å². The molecule has 0 atom stereocenters. The van der Waals surface area contributed by atoms with Gasteiger partial charge in [-0.2, -0.15) is 0 Å². The molecule has 4 aromatic rings. The van der Waals surface area contributed by atoms with E-state index >= 15 is 0 Å². The van der Waals surface area contributed by atoms with Gasteiger partial charge in [0, 0.05) is 17.5 Å². The third-order valence-electron chi connectivity index (χ3n) is 5.43. The first-order valence-electron chi connectivity index (χ1n) is 11.4. The molecule has 0 aliphatic rings. The van der Waals surface area contributed by atoms with Gasteiger partial charge in [0.25, 0.3) is 5.91 Å². The summed E-state index contributed by atoms with van der Waals surface area (Å²) in [5.41, 5.74) is 3.25. The van der Waals surface area contributed by atoms with E-state index in [1.54, 1.807) is 53.4 Å². The maximum atomic E-state index is 13.8. The maximum Gasteiger partial charge on any atom is 0.251 e. The quantitative estimate of drug-likeness (QED) is 0.296. The van der Waals surface area contributed by atoms with Crippen molar-refractivity contribution < 1.29 is 18.4 Å². The number of benzene rings is 4. The van der Waals surface area contributed by atoms with Gasteiger partial charge < -0.3 is 10.2 Å². The molecule has 0 bridgehead atoms. The smallest absolute Gasteiger partial charge is 0.251 e. The van der Waals surface area contributed by atoms with E-state index in [1.165, 1.54) is 36.4 Å². The minimum absolute atomic E-state index is 0.0859. The van der Waals surface area contributed by atoms with E-state index in [2.05, 4.69) is 5.32 Å². The summed E-state index contributed by atoms with van der Waals surface area (Å²) in [6, 6.07) is 28.3. The molecule has 6 heteroatoms. The number of nitrogens with zero attached hydrogens (tertiary/aromatic N) is 1. The van der Waals surface area contributed by atoms with Crippen molar-refractivity contribution in [2.45, 2.75) is 13.0 Å². The molecule has 4 rings (SSSR count). The lowest BCUT2D eigenvalue weighted by atomic mass is 10.1. The summed E-state index contributed by atoms with van der Waals surface area (Å²) in [7, 11) is 0. The van der Waals surface area contributed by atoms with Crippen LogP contribution < -0.4 is 10.2 Å². The number of hydrogen-bond acceptors (Lipinski definition) is 2. The first-order valence-corrected chi connectivity index (χ1v) is 11.4. The number of hydrogen-bond donors (Lipinski definition) is 1. The normalized spacial score (nSPS) is 10.8. The van der Waals surface area contributed by atoms with Gasteiger partial charge in [0.2, 0.25) is 5.91 Å². The molecule has 4 aromatic carbocycles. The van der Waals surface area contributed by atoms with Crippen molar-refractivity contribution in [1.29, 1.82) is 0 Å². The van der Waals surface area contributed by atoms with Crippen LogP contribution in [0, 0.1) is 11.6 Å². The summed E-state index contributed by atoms with van der Waals surface area (Å²) in [4.78, 5) is 27.1. The Bertz CT molecular complexity index is 1370. The van der Waals surface area contributed by atoms with Crippen LogP contribution >= 0.6 is 0 Å². The minimum atomic E-state index is -0.429. The molecule has 180 valence electrons. The van der Waals surface area contributed by atoms with E-state index in [0.29, 0.717) is 16.9 Å². The van der Waals surface area contributed by atoms with Crippen LogP contribution in [0.3, 0.4) is 0 Å². The second-order valence-electron chi connectivity index (χ2n) is 8.20. The van der Waals surface area contributed by atoms with Gasteiger partial charge in [-0.05, 0) is 65.2 Å². The molecular formula is C30H24F2N2O2. The molecule has 0 saturated heterocycles. The third kappa shape index (κ3) is 6.96. The van der Waals surface area contributed by atoms with Crippen LogP contribution in [0.15, 0.2) is 109 Å². The zero-order valence-electron chi connectivity index (χ0n) is 19.4. The summed E-state index contributed by atoms with van der Waals surface area (Å²) in [5, 5.41) is 2.67. The van der Waals surface area contributed by atoms with Crippen LogP contribution in [-0.4, -0.2) is 11.8 Å². The van der Waals surface area contributed by atoms with Gasteiger partial charge in [-0.1, -0.05) is 60.7 Å². The number of anilines is 2. The SMILES string of the molecule is O=C(Cc1ccc(N(Cc2cccc(F)c2)C(=O)/C=C/c2ccccc2)cc1)Nc1cccc(F)c1. The van der Waals surface area contributed by atoms with E-state index in [4.69, 9.17) is 0 Å². The van der Waals surface area contributed by atoms with Gasteiger partial charge in [0.1, 0.15) is 11.6 Å². The number of nitrogens with one attached hydrogen (secondary N) is 1. The Morgan fingerprint density at radius 2 is 1.44 bits per heavy atom. The molecule has 1 N–H and O–H groups in total. The first kappa shape index (κ1) is 24.5. The van der Waals surface area contributed by atoms with E-state index < -0.39 is 5.82 Å². The van der Waals surface area contributed by atoms with Crippen LogP contribution in [0.5, 0.6) is 0 Å². The lowest BCUT2D eigenvalue weighted by molar-refractivity contribution is -0.116. The lowest BCUT2D eigenvalue weighted by Gasteiger charge is -2.22. The highest BCUT2D eigenvalue weighted by Crippen LogP contribution is 2.21. The zero-order valence-corrected chi connectivity index (χ0v) is 19.4. The molecule has 2 amide bonds. The molecule has 0 heterocycles. The van der Waals surface area contributed by atoms with E-state index in [0.717, 1.165) is 11.1 Å². The van der Waals surface area contributed by atoms with Crippen molar-refractivity contribution >= 4 is 29.3 Å². The molecule has 0 aliphatic heterocycles. The third-order valence-corrected chi connectivity index (χ3v) is 5.43. The Morgan fingerprint density at radius 3 is 2.14 bits per heavy atom. The highest BCUT2D eigenvalue weighted by atomic mass is 19.1. The molecule has 0 aromatic heterocycles. The van der Waals surface area contributed by atoms with E-state index in [1.807, 2.05) is 30.3 Å². The highest BCUT2D eigenvalue weighted by Gasteiger charge is 2.15. The fraction of sp³-hybridized carbons (Fsp3) is 0.0667. The highest BCUT2D eigenvalue weighted by molar-refractivity contribution is 6.03. The van der Waals surface area contributed by atoms with Gasteiger partial charge in [0.15, 0.2) is 0 Å². The van der Waals surface area contributed by atoms with Gasteiger partial charge >= 0.3 is 0 Å². The predicted molar refractivity (Wildman–Crippen MR) is 138 cm³/mol. The topological polar surface area (TPSA) is 49.4 Å². The number of rotatable bonds is 8. The number of carbonyl (C=O) groups is 2. The lowest BCUT2D eigenvalue weighted by Crippen LogP contribution is -2.28. The first-order chi connectivity index (χ1) is 17.5. The van der Waals surface area contributed by atoms with E-state index in [9.17, 15) is 18.4 Å². The van der Waals surface area contributed by atoms with Crippen LogP contribution in [-0.2, 0) is 22.6 Å². The van der Waals surface area contributed by atoms with Crippen molar-refractivity contribution in [3.63, 3.8) is 0 Å². The number of carbonyl (C=O) groups excluding carboxylic acids is 2. The fourth-order valence-corrected chi connectivity index (χ4v) is 3.69. The van der Waals surface area contributed by atoms with Gasteiger partial charge in [-0.15, -0.1) is 0 Å². The number of amides is 2. The Kier molecular flexibility index (Phi) is 7.98. The van der Waals surface area contributed by atoms with Crippen molar-refractivity contribution in [1.82, 2.24) is 0 Å². The molecule has 0 aliphatic carbocycles. The van der Waals surface area contributed by atoms with Crippen LogP contribution in [0.1, 0.15) is 16.7 Å². The van der Waals surface area contributed by atoms with E-state index in [-0.39, 0.29) is 30.6 Å². The maximum absolute atomic E-state index is 13.8. The average Bonchev–Trinajstić information content (AvgIpc) is 2.87. The molecule has 0 spiro atoms. The summed E-state index contributed by atoms with van der Waals surface area (Å²) < 4.78 is 27.1. The fourth-order valence-electron chi connectivity index (χ4n) is 3.69. The number of halogens is 2. The van der Waals surface area contributed by atoms with Crippen LogP contribution in [0.2, 0.25) is 0 Å². The largest absolute Gasteiger partial charge is 0.326 e. The second kappa shape index (κ2) is 11.7. The Balaban J connectivity index is 1.50. The van der Waals surface area contributed by atoms with Gasteiger partial charge in [0.05, 0.1) is 13.0 Å². The Hall–Kier alpha value is -4.58. The molecule has 0 radical (unpaired) electrons. The molecule has 4 nitrogen and oxygen atoms in total. The second-order valence-corrected chi connectivity index (χ2v) is 8.20. The molecule has 0 fully saturated rings. The Morgan fingerprint density at radius 1 is 0.750 bits per heavy atom. The molecule has 0 unspecified atom stereocenters. The van der Waals surface area contributed by atoms with Crippen molar-refractivity contribution in [2.75, 3.05) is 10.2 Å². The summed E-state index contributed by atoms with van der Waals surface area (Å²) in [5.74, 6) is -1.35. The van der Waals surface area contributed by atoms with Crippen molar-refractivity contribution in [2.24, 2.45) is 0 Å². The molecular weight excluding hydrogens is 458 g/mol. The van der Waals surface area contributed by atoms with Gasteiger partial charge in [-0.25, -0.2) is 8.78 Å². The average molecular weight is 483 g/mol. The summed E-state index contributed by atoms with van der Waals surface area (Å²) >= 11 is 0. The van der Waals surface area contributed by atoms with Crippen LogP contribution in [0.4, 0.5) is 20.2 Å². The standard InChI is InChI=1S/C30H24F2N2O2/c31-25-9-4-8-24(18-25)21-34(30(36)17-14-22-6-2-1-3-7-22)28-15-12-23(13-16-28)19-29(35)33-27-11-5-10-26(32)20-27/h1-18,20H,19,21H2,(H,33,35)/b17-14+. The molecule has 0 saturated carbocycles. The Labute approximate surface area is 208 Å². The summed E-state index contributed by atoms with van der Waals surface area (Å²) in [6.07, 6.45) is 3.30. The summed E-state index contributed by atoms with van der Waals surface area (Å²) in [6.45, 7) is 0.176. The van der Waals surface area contributed by atoms with Crippen molar-refractivity contribution in [3.8, 4) is 0 Å². The predicted octanol–water partition coefficient (Wildman–Crippen LogP) is 6.39. The van der Waals surface area contributed by atoms with Crippen LogP contribution in [0.25, 0.3) is 6.08 Å².